The van der Waals surface area contributed by atoms with Gasteiger partial charge in [-0.2, -0.15) is 0 Å². The smallest absolute Gasteiger partial charge is 0.344 e. The Morgan fingerprint density at radius 3 is 2.31 bits per heavy atom. The summed E-state index contributed by atoms with van der Waals surface area (Å²) in [6, 6.07) is 12.2. The summed E-state index contributed by atoms with van der Waals surface area (Å²) in [5, 5.41) is 0. The molecule has 2 amide bonds. The number of aryl methyl sites for hydroxylation is 1. The SMILES string of the molecule is Cc1cc(OCC(=O)OCC(=O)NNC(=O)c2ccc(Br)cc2)ccc1C(C)C. The molecule has 0 aliphatic heterocycles. The Morgan fingerprint density at radius 2 is 1.69 bits per heavy atom. The molecule has 2 aromatic rings. The summed E-state index contributed by atoms with van der Waals surface area (Å²) in [6.07, 6.45) is 0. The lowest BCUT2D eigenvalue weighted by Gasteiger charge is -2.12. The Kier molecular flexibility index (Phi) is 8.21. The molecule has 0 aromatic heterocycles. The minimum atomic E-state index is -0.690. The Morgan fingerprint density at radius 1 is 1.00 bits per heavy atom. The average molecular weight is 463 g/mol. The number of hydrazine groups is 1. The molecule has 29 heavy (non-hydrogen) atoms. The number of hydrogen-bond acceptors (Lipinski definition) is 5. The topological polar surface area (TPSA) is 93.7 Å². The quantitative estimate of drug-likeness (QED) is 0.486. The van der Waals surface area contributed by atoms with Crippen molar-refractivity contribution in [2.75, 3.05) is 13.2 Å². The van der Waals surface area contributed by atoms with Gasteiger partial charge in [-0.05, 0) is 60.4 Å². The summed E-state index contributed by atoms with van der Waals surface area (Å²) in [7, 11) is 0. The van der Waals surface area contributed by atoms with Gasteiger partial charge in [0.05, 0.1) is 0 Å². The normalized spacial score (nSPS) is 10.4. The van der Waals surface area contributed by atoms with E-state index in [-0.39, 0.29) is 6.61 Å². The molecule has 7 nitrogen and oxygen atoms in total. The zero-order chi connectivity index (χ0) is 21.4. The van der Waals surface area contributed by atoms with E-state index >= 15 is 0 Å². The molecule has 2 N–H and O–H groups in total. The van der Waals surface area contributed by atoms with Crippen LogP contribution in [0.4, 0.5) is 0 Å². The Bertz CT molecular complexity index is 881. The molecule has 0 radical (unpaired) electrons. The maximum atomic E-state index is 11.9. The first-order valence-corrected chi connectivity index (χ1v) is 9.79. The third-order valence-electron chi connectivity index (χ3n) is 4.01. The van der Waals surface area contributed by atoms with Crippen molar-refractivity contribution in [1.82, 2.24) is 10.9 Å². The van der Waals surface area contributed by atoms with Crippen LogP contribution in [0.5, 0.6) is 5.75 Å². The van der Waals surface area contributed by atoms with Gasteiger partial charge in [0, 0.05) is 10.0 Å². The van der Waals surface area contributed by atoms with Crippen LogP contribution < -0.4 is 15.6 Å². The molecule has 0 heterocycles. The van der Waals surface area contributed by atoms with Crippen LogP contribution in [0.25, 0.3) is 0 Å². The van der Waals surface area contributed by atoms with E-state index in [9.17, 15) is 14.4 Å². The van der Waals surface area contributed by atoms with Crippen LogP contribution in [0.3, 0.4) is 0 Å². The van der Waals surface area contributed by atoms with E-state index in [4.69, 9.17) is 9.47 Å². The molecule has 0 spiro atoms. The third-order valence-corrected chi connectivity index (χ3v) is 4.53. The van der Waals surface area contributed by atoms with Gasteiger partial charge in [-0.1, -0.05) is 35.8 Å². The average Bonchev–Trinajstić information content (AvgIpc) is 2.69. The molecule has 2 rings (SSSR count). The first-order valence-electron chi connectivity index (χ1n) is 9.00. The van der Waals surface area contributed by atoms with Crippen molar-refractivity contribution in [3.05, 3.63) is 63.6 Å². The number of hydrogen-bond donors (Lipinski definition) is 2. The van der Waals surface area contributed by atoms with E-state index in [1.54, 1.807) is 30.3 Å². The van der Waals surface area contributed by atoms with Crippen molar-refractivity contribution in [2.24, 2.45) is 0 Å². The van der Waals surface area contributed by atoms with Gasteiger partial charge in [0.1, 0.15) is 5.75 Å². The van der Waals surface area contributed by atoms with Crippen LogP contribution in [-0.2, 0) is 14.3 Å². The highest BCUT2D eigenvalue weighted by Crippen LogP contribution is 2.23. The zero-order valence-electron chi connectivity index (χ0n) is 16.5. The van der Waals surface area contributed by atoms with Gasteiger partial charge in [-0.15, -0.1) is 0 Å². The molecule has 0 fully saturated rings. The minimum Gasteiger partial charge on any atom is -0.482 e. The van der Waals surface area contributed by atoms with Gasteiger partial charge in [-0.3, -0.25) is 20.4 Å². The number of esters is 1. The van der Waals surface area contributed by atoms with Gasteiger partial charge in [0.25, 0.3) is 11.8 Å². The van der Waals surface area contributed by atoms with E-state index in [1.807, 2.05) is 19.1 Å². The van der Waals surface area contributed by atoms with Crippen molar-refractivity contribution in [1.29, 1.82) is 0 Å². The van der Waals surface area contributed by atoms with Crippen molar-refractivity contribution in [3.8, 4) is 5.75 Å². The zero-order valence-corrected chi connectivity index (χ0v) is 18.0. The molecule has 0 aliphatic carbocycles. The van der Waals surface area contributed by atoms with Gasteiger partial charge in [0.15, 0.2) is 13.2 Å². The highest BCUT2D eigenvalue weighted by Gasteiger charge is 2.11. The van der Waals surface area contributed by atoms with E-state index in [2.05, 4.69) is 40.6 Å². The van der Waals surface area contributed by atoms with E-state index < -0.39 is 24.4 Å². The largest absolute Gasteiger partial charge is 0.482 e. The second-order valence-corrected chi connectivity index (χ2v) is 7.55. The molecule has 154 valence electrons. The van der Waals surface area contributed by atoms with E-state index in [0.717, 1.165) is 10.0 Å². The fraction of sp³-hybridized carbons (Fsp3) is 0.286. The molecule has 0 unspecified atom stereocenters. The second-order valence-electron chi connectivity index (χ2n) is 6.63. The van der Waals surface area contributed by atoms with Gasteiger partial charge in [0.2, 0.25) is 0 Å². The number of rotatable bonds is 7. The summed E-state index contributed by atoms with van der Waals surface area (Å²) in [6.45, 7) is 5.33. The van der Waals surface area contributed by atoms with Gasteiger partial charge >= 0.3 is 5.97 Å². The molecule has 0 saturated carbocycles. The van der Waals surface area contributed by atoms with E-state index in [1.165, 1.54) is 5.56 Å². The summed E-state index contributed by atoms with van der Waals surface area (Å²) in [5.74, 6) is -0.890. The lowest BCUT2D eigenvalue weighted by molar-refractivity contribution is -0.150. The molecular weight excluding hydrogens is 440 g/mol. The Labute approximate surface area is 177 Å². The van der Waals surface area contributed by atoms with Crippen molar-refractivity contribution in [2.45, 2.75) is 26.7 Å². The maximum absolute atomic E-state index is 11.9. The fourth-order valence-electron chi connectivity index (χ4n) is 2.55. The first kappa shape index (κ1) is 22.4. The molecule has 0 saturated heterocycles. The predicted molar refractivity (Wildman–Crippen MR) is 111 cm³/mol. The van der Waals surface area contributed by atoms with Crippen molar-refractivity contribution in [3.63, 3.8) is 0 Å². The molecule has 2 aromatic carbocycles. The lowest BCUT2D eigenvalue weighted by Crippen LogP contribution is -2.43. The predicted octanol–water partition coefficient (Wildman–Crippen LogP) is 3.26. The number of carbonyl (C=O) groups is 3. The second kappa shape index (κ2) is 10.6. The number of nitrogens with one attached hydrogen (secondary N) is 2. The number of halogens is 1. The van der Waals surface area contributed by atoms with Crippen LogP contribution in [0, 0.1) is 6.92 Å². The summed E-state index contributed by atoms with van der Waals surface area (Å²) in [4.78, 5) is 35.3. The molecule has 8 heteroatoms. The summed E-state index contributed by atoms with van der Waals surface area (Å²) < 4.78 is 11.1. The standard InChI is InChI=1S/C21H23BrN2O5/c1-13(2)18-9-8-17(10-14(18)3)28-12-20(26)29-11-19(25)23-24-21(27)15-4-6-16(22)7-5-15/h4-10,13H,11-12H2,1-3H3,(H,23,25)(H,24,27). The van der Waals surface area contributed by atoms with Crippen molar-refractivity contribution < 1.29 is 23.9 Å². The highest BCUT2D eigenvalue weighted by atomic mass is 79.9. The van der Waals surface area contributed by atoms with Crippen LogP contribution in [0.15, 0.2) is 46.9 Å². The molecule has 0 atom stereocenters. The van der Waals surface area contributed by atoms with Crippen LogP contribution in [0.1, 0.15) is 41.3 Å². The molecular formula is C21H23BrN2O5. The number of amides is 2. The summed E-state index contributed by atoms with van der Waals surface area (Å²) >= 11 is 3.27. The number of ether oxygens (including phenoxy) is 2. The number of benzene rings is 2. The van der Waals surface area contributed by atoms with Gasteiger partial charge < -0.3 is 9.47 Å². The fourth-order valence-corrected chi connectivity index (χ4v) is 2.82. The monoisotopic (exact) mass is 462 g/mol. The van der Waals surface area contributed by atoms with Crippen LogP contribution in [-0.4, -0.2) is 31.0 Å². The van der Waals surface area contributed by atoms with Crippen LogP contribution in [0.2, 0.25) is 0 Å². The lowest BCUT2D eigenvalue weighted by atomic mass is 9.98. The van der Waals surface area contributed by atoms with Crippen molar-refractivity contribution >= 4 is 33.7 Å². The van der Waals surface area contributed by atoms with E-state index in [0.29, 0.717) is 17.2 Å². The molecule has 0 bridgehead atoms. The van der Waals surface area contributed by atoms with Gasteiger partial charge in [-0.25, -0.2) is 4.79 Å². The highest BCUT2D eigenvalue weighted by molar-refractivity contribution is 9.10. The maximum Gasteiger partial charge on any atom is 0.344 e. The first-order chi connectivity index (χ1) is 13.8. The molecule has 0 aliphatic rings. The third kappa shape index (κ3) is 7.23. The summed E-state index contributed by atoms with van der Waals surface area (Å²) in [5.41, 5.74) is 7.08. The Balaban J connectivity index is 1.70. The Hall–Kier alpha value is -2.87. The number of carbonyl (C=O) groups excluding carboxylic acids is 3. The minimum absolute atomic E-state index is 0.320. The van der Waals surface area contributed by atoms with Crippen LogP contribution >= 0.6 is 15.9 Å².